The normalized spacial score (nSPS) is 10.8. The molecule has 0 aliphatic carbocycles. The second-order valence-corrected chi connectivity index (χ2v) is 4.45. The summed E-state index contributed by atoms with van der Waals surface area (Å²) in [6, 6.07) is 4.24. The number of nitrogen functional groups attached to an aromatic ring is 1. The van der Waals surface area contributed by atoms with Gasteiger partial charge in [-0.1, -0.05) is 11.6 Å². The lowest BCUT2D eigenvalue weighted by Gasteiger charge is -2.11. The molecule has 0 unspecified atom stereocenters. The average molecular weight is 324 g/mol. The number of anilines is 1. The van der Waals surface area contributed by atoms with Crippen molar-refractivity contribution in [1.29, 1.82) is 0 Å². The largest absolute Gasteiger partial charge is 0.483 e. The molecule has 0 atom stereocenters. The van der Waals surface area contributed by atoms with Gasteiger partial charge in [-0.15, -0.1) is 0 Å². The summed E-state index contributed by atoms with van der Waals surface area (Å²) in [6.45, 7) is -0.512. The summed E-state index contributed by atoms with van der Waals surface area (Å²) in [5.41, 5.74) is 6.03. The van der Waals surface area contributed by atoms with E-state index >= 15 is 0 Å². The Labute approximate surface area is 120 Å². The van der Waals surface area contributed by atoms with Gasteiger partial charge >= 0.3 is 0 Å². The fourth-order valence-electron chi connectivity index (χ4n) is 1.57. The van der Waals surface area contributed by atoms with E-state index < -0.39 is 41.4 Å². The van der Waals surface area contributed by atoms with Crippen molar-refractivity contribution in [2.75, 3.05) is 5.73 Å². The van der Waals surface area contributed by atoms with Gasteiger partial charge < -0.3 is 10.5 Å². The van der Waals surface area contributed by atoms with Gasteiger partial charge in [0.2, 0.25) is 29.1 Å². The first kappa shape index (κ1) is 15.4. The van der Waals surface area contributed by atoms with Crippen LogP contribution in [0.15, 0.2) is 18.2 Å². The molecular weight excluding hydrogens is 317 g/mol. The van der Waals surface area contributed by atoms with Crippen LogP contribution in [0.5, 0.6) is 5.75 Å². The van der Waals surface area contributed by atoms with E-state index in [1.807, 2.05) is 0 Å². The Balaban J connectivity index is 2.35. The molecule has 2 aromatic rings. The summed E-state index contributed by atoms with van der Waals surface area (Å²) >= 11 is 5.80. The molecule has 0 spiro atoms. The topological polar surface area (TPSA) is 35.2 Å². The van der Waals surface area contributed by atoms with Gasteiger partial charge in [0.1, 0.15) is 6.61 Å². The first-order valence-corrected chi connectivity index (χ1v) is 5.88. The summed E-state index contributed by atoms with van der Waals surface area (Å²) < 4.78 is 70.3. The molecule has 2 N–H and O–H groups in total. The van der Waals surface area contributed by atoms with Gasteiger partial charge in [0.15, 0.2) is 5.75 Å². The molecule has 0 bridgehead atoms. The van der Waals surface area contributed by atoms with E-state index in [-0.39, 0.29) is 10.6 Å². The van der Waals surface area contributed by atoms with Gasteiger partial charge in [-0.25, -0.2) is 13.2 Å². The van der Waals surface area contributed by atoms with Crippen LogP contribution in [-0.2, 0) is 6.61 Å². The Morgan fingerprint density at radius 2 is 1.43 bits per heavy atom. The van der Waals surface area contributed by atoms with Crippen LogP contribution in [0.2, 0.25) is 5.02 Å². The lowest BCUT2D eigenvalue weighted by Crippen LogP contribution is -2.07. The molecule has 2 aromatic carbocycles. The predicted octanol–water partition coefficient (Wildman–Crippen LogP) is 4.20. The van der Waals surface area contributed by atoms with E-state index in [1.54, 1.807) is 0 Å². The number of nitrogens with two attached hydrogens (primary N) is 1. The summed E-state index contributed by atoms with van der Waals surface area (Å²) in [7, 11) is 0. The molecule has 112 valence electrons. The highest BCUT2D eigenvalue weighted by molar-refractivity contribution is 6.31. The smallest absolute Gasteiger partial charge is 0.207 e. The third kappa shape index (κ3) is 2.87. The average Bonchev–Trinajstić information content (AvgIpc) is 2.46. The third-order valence-corrected chi connectivity index (χ3v) is 2.98. The molecular formula is C13H7ClF5NO. The Bertz CT molecular complexity index is 678. The lowest BCUT2D eigenvalue weighted by molar-refractivity contribution is 0.253. The molecule has 2 nitrogen and oxygen atoms in total. The molecule has 0 saturated heterocycles. The van der Waals surface area contributed by atoms with Gasteiger partial charge in [0.05, 0.1) is 0 Å². The maximum Gasteiger partial charge on any atom is 0.207 e. The quantitative estimate of drug-likeness (QED) is 0.398. The number of hydrogen-bond acceptors (Lipinski definition) is 2. The van der Waals surface area contributed by atoms with Crippen molar-refractivity contribution in [3.8, 4) is 5.75 Å². The van der Waals surface area contributed by atoms with Crippen LogP contribution in [0, 0.1) is 29.1 Å². The zero-order chi connectivity index (χ0) is 15.7. The molecule has 8 heteroatoms. The van der Waals surface area contributed by atoms with Crippen molar-refractivity contribution < 1.29 is 26.7 Å². The van der Waals surface area contributed by atoms with Crippen LogP contribution in [0.4, 0.5) is 27.6 Å². The van der Waals surface area contributed by atoms with Gasteiger partial charge in [-0.2, -0.15) is 8.78 Å². The van der Waals surface area contributed by atoms with Crippen molar-refractivity contribution in [1.82, 2.24) is 0 Å². The highest BCUT2D eigenvalue weighted by Gasteiger charge is 2.27. The van der Waals surface area contributed by atoms with Crippen LogP contribution in [0.25, 0.3) is 0 Å². The zero-order valence-corrected chi connectivity index (χ0v) is 10.9. The van der Waals surface area contributed by atoms with Crippen molar-refractivity contribution in [2.45, 2.75) is 6.61 Å². The molecule has 0 fully saturated rings. The molecule has 2 rings (SSSR count). The maximum atomic E-state index is 13.4. The molecule has 0 radical (unpaired) electrons. The van der Waals surface area contributed by atoms with Crippen LogP contribution in [0.3, 0.4) is 0 Å². The Hall–Kier alpha value is -2.02. The van der Waals surface area contributed by atoms with Crippen molar-refractivity contribution >= 4 is 17.3 Å². The number of ether oxygens (including phenoxy) is 1. The van der Waals surface area contributed by atoms with Crippen molar-refractivity contribution in [3.63, 3.8) is 0 Å². The van der Waals surface area contributed by atoms with E-state index in [0.717, 1.165) is 0 Å². The van der Waals surface area contributed by atoms with Gasteiger partial charge in [0, 0.05) is 16.3 Å². The van der Waals surface area contributed by atoms with Gasteiger partial charge in [-0.05, 0) is 18.2 Å². The van der Waals surface area contributed by atoms with Crippen LogP contribution >= 0.6 is 11.6 Å². The Morgan fingerprint density at radius 1 is 0.905 bits per heavy atom. The van der Waals surface area contributed by atoms with E-state index in [0.29, 0.717) is 5.69 Å². The number of rotatable bonds is 3. The van der Waals surface area contributed by atoms with Crippen LogP contribution in [0.1, 0.15) is 5.56 Å². The molecule has 21 heavy (non-hydrogen) atoms. The standard InChI is InChI=1S/C13H7ClF5NO/c14-7-2-1-6(20)3-5(7)4-21-13-11(18)9(16)8(15)10(17)12(13)19/h1-3H,4,20H2. The summed E-state index contributed by atoms with van der Waals surface area (Å²) in [4.78, 5) is 0. The lowest BCUT2D eigenvalue weighted by atomic mass is 10.2. The molecule has 0 aromatic heterocycles. The zero-order valence-electron chi connectivity index (χ0n) is 10.2. The second-order valence-electron chi connectivity index (χ2n) is 4.04. The van der Waals surface area contributed by atoms with Crippen molar-refractivity contribution in [3.05, 3.63) is 57.9 Å². The van der Waals surface area contributed by atoms with Crippen molar-refractivity contribution in [2.24, 2.45) is 0 Å². The van der Waals surface area contributed by atoms with E-state index in [9.17, 15) is 22.0 Å². The molecule has 0 saturated carbocycles. The monoisotopic (exact) mass is 323 g/mol. The predicted molar refractivity (Wildman–Crippen MR) is 66.4 cm³/mol. The first-order chi connectivity index (χ1) is 9.82. The van der Waals surface area contributed by atoms with Crippen LogP contribution in [-0.4, -0.2) is 0 Å². The van der Waals surface area contributed by atoms with E-state index in [2.05, 4.69) is 4.74 Å². The van der Waals surface area contributed by atoms with Gasteiger partial charge in [-0.3, -0.25) is 0 Å². The highest BCUT2D eigenvalue weighted by atomic mass is 35.5. The summed E-state index contributed by atoms with van der Waals surface area (Å²) in [6.07, 6.45) is 0. The fraction of sp³-hybridized carbons (Fsp3) is 0.0769. The third-order valence-electron chi connectivity index (χ3n) is 2.61. The van der Waals surface area contributed by atoms with Gasteiger partial charge in [0.25, 0.3) is 0 Å². The maximum absolute atomic E-state index is 13.4. The molecule has 0 amide bonds. The Kier molecular flexibility index (Phi) is 4.22. The SMILES string of the molecule is Nc1ccc(Cl)c(COc2c(F)c(F)c(F)c(F)c2F)c1. The minimum atomic E-state index is -2.25. The first-order valence-electron chi connectivity index (χ1n) is 5.51. The minimum absolute atomic E-state index is 0.174. The minimum Gasteiger partial charge on any atom is -0.483 e. The number of hydrogen-bond donors (Lipinski definition) is 1. The molecule has 0 aliphatic rings. The molecule has 0 heterocycles. The number of benzene rings is 2. The van der Waals surface area contributed by atoms with E-state index in [4.69, 9.17) is 17.3 Å². The number of halogens is 6. The second kappa shape index (κ2) is 5.77. The van der Waals surface area contributed by atoms with Crippen LogP contribution < -0.4 is 10.5 Å². The summed E-state index contributed by atoms with van der Waals surface area (Å²) in [5.74, 6) is -11.9. The Morgan fingerprint density at radius 3 is 2.00 bits per heavy atom. The molecule has 0 aliphatic heterocycles. The highest BCUT2D eigenvalue weighted by Crippen LogP contribution is 2.30. The fourth-order valence-corrected chi connectivity index (χ4v) is 1.74. The van der Waals surface area contributed by atoms with E-state index in [1.165, 1.54) is 18.2 Å². The summed E-state index contributed by atoms with van der Waals surface area (Å²) in [5, 5.41) is 0.174.